The highest BCUT2D eigenvalue weighted by Crippen LogP contribution is 2.41. The Morgan fingerprint density at radius 3 is 2.34 bits per heavy atom. The van der Waals surface area contributed by atoms with Crippen molar-refractivity contribution < 1.29 is 27.1 Å². The number of pyridine rings is 1. The highest BCUT2D eigenvalue weighted by atomic mass is 79.9. The van der Waals surface area contributed by atoms with E-state index < -0.39 is 23.5 Å². The van der Waals surface area contributed by atoms with Crippen molar-refractivity contribution in [2.75, 3.05) is 23.6 Å². The summed E-state index contributed by atoms with van der Waals surface area (Å²) >= 11 is 3.33. The van der Waals surface area contributed by atoms with Crippen molar-refractivity contribution in [1.82, 2.24) is 4.98 Å². The fraction of sp³-hybridized carbons (Fsp3) is 0.182. The van der Waals surface area contributed by atoms with Gasteiger partial charge in [0, 0.05) is 11.8 Å². The summed E-state index contributed by atoms with van der Waals surface area (Å²) in [6.07, 6.45) is -4.58. The molecule has 3 aromatic rings. The van der Waals surface area contributed by atoms with Gasteiger partial charge in [-0.25, -0.2) is 9.37 Å². The van der Waals surface area contributed by atoms with Crippen molar-refractivity contribution in [3.8, 4) is 5.88 Å². The summed E-state index contributed by atoms with van der Waals surface area (Å²) in [7, 11) is 1.45. The van der Waals surface area contributed by atoms with Crippen LogP contribution in [-0.4, -0.2) is 24.7 Å². The molecule has 1 aliphatic heterocycles. The summed E-state index contributed by atoms with van der Waals surface area (Å²) in [5, 5.41) is 0. The Kier molecular flexibility index (Phi) is 5.58. The van der Waals surface area contributed by atoms with Crippen LogP contribution < -0.4 is 14.5 Å². The summed E-state index contributed by atoms with van der Waals surface area (Å²) in [5.74, 6) is -0.633. The second kappa shape index (κ2) is 8.09. The minimum atomic E-state index is -4.58. The molecule has 0 bridgehead atoms. The van der Waals surface area contributed by atoms with E-state index in [4.69, 9.17) is 4.74 Å². The van der Waals surface area contributed by atoms with Crippen LogP contribution in [0.1, 0.15) is 21.5 Å². The molecule has 0 atom stereocenters. The van der Waals surface area contributed by atoms with E-state index in [0.717, 1.165) is 18.2 Å². The van der Waals surface area contributed by atoms with E-state index in [9.17, 15) is 22.4 Å². The zero-order chi connectivity index (χ0) is 23.2. The van der Waals surface area contributed by atoms with Crippen LogP contribution in [0.4, 0.5) is 34.6 Å². The summed E-state index contributed by atoms with van der Waals surface area (Å²) < 4.78 is 59.3. The molecule has 2 aromatic carbocycles. The fourth-order valence-electron chi connectivity index (χ4n) is 3.58. The molecule has 10 heteroatoms. The number of hydrogen-bond acceptors (Lipinski definition) is 4. The normalized spacial score (nSPS) is 13.9. The molecule has 32 heavy (non-hydrogen) atoms. The number of ether oxygens (including phenoxy) is 1. The monoisotopic (exact) mass is 509 g/mol. The van der Waals surface area contributed by atoms with Gasteiger partial charge in [0.15, 0.2) is 0 Å². The van der Waals surface area contributed by atoms with Crippen LogP contribution in [0.2, 0.25) is 0 Å². The Hall–Kier alpha value is -3.14. The van der Waals surface area contributed by atoms with Gasteiger partial charge in [-0.2, -0.15) is 13.2 Å². The van der Waals surface area contributed by atoms with E-state index in [-0.39, 0.29) is 17.9 Å². The first-order chi connectivity index (χ1) is 15.1. The zero-order valence-electron chi connectivity index (χ0n) is 16.9. The molecule has 2 heterocycles. The molecule has 0 spiro atoms. The number of fused-ring (bicyclic) bond motifs is 1. The summed E-state index contributed by atoms with van der Waals surface area (Å²) in [4.78, 5) is 20.4. The van der Waals surface area contributed by atoms with E-state index in [1.165, 1.54) is 30.2 Å². The van der Waals surface area contributed by atoms with Crippen LogP contribution in [0.25, 0.3) is 0 Å². The smallest absolute Gasteiger partial charge is 0.416 e. The van der Waals surface area contributed by atoms with Gasteiger partial charge < -0.3 is 9.64 Å². The lowest BCUT2D eigenvalue weighted by Crippen LogP contribution is -2.45. The summed E-state index contributed by atoms with van der Waals surface area (Å²) in [6, 6.07) is 10.1. The Labute approximate surface area is 189 Å². The second-order valence-corrected chi connectivity index (χ2v) is 7.88. The first-order valence-electron chi connectivity index (χ1n) is 9.37. The van der Waals surface area contributed by atoms with Crippen molar-refractivity contribution >= 4 is 38.9 Å². The fourth-order valence-corrected chi connectivity index (χ4v) is 4.10. The largest absolute Gasteiger partial charge is 0.481 e. The molecule has 0 fully saturated rings. The van der Waals surface area contributed by atoms with Gasteiger partial charge in [0.25, 0.3) is 5.91 Å². The number of aryl methyl sites for hydroxylation is 1. The number of amides is 1. The first-order valence-corrected chi connectivity index (χ1v) is 10.2. The van der Waals surface area contributed by atoms with Gasteiger partial charge in [-0.3, -0.25) is 9.69 Å². The topological polar surface area (TPSA) is 45.7 Å². The number of halogens is 5. The van der Waals surface area contributed by atoms with Crippen LogP contribution in [0.5, 0.6) is 5.88 Å². The Morgan fingerprint density at radius 1 is 1.00 bits per heavy atom. The predicted octanol–water partition coefficient (Wildman–Crippen LogP) is 6.08. The van der Waals surface area contributed by atoms with Gasteiger partial charge in [0.2, 0.25) is 5.88 Å². The van der Waals surface area contributed by atoms with Crippen LogP contribution in [0.15, 0.2) is 53.1 Å². The lowest BCUT2D eigenvalue weighted by Gasteiger charge is -2.39. The van der Waals surface area contributed by atoms with Gasteiger partial charge in [0.1, 0.15) is 17.1 Å². The van der Waals surface area contributed by atoms with Gasteiger partial charge in [0.05, 0.1) is 29.6 Å². The number of benzene rings is 2. The van der Waals surface area contributed by atoms with Gasteiger partial charge >= 0.3 is 6.18 Å². The van der Waals surface area contributed by atoms with Crippen LogP contribution in [0.3, 0.4) is 0 Å². The number of aromatic nitrogens is 1. The molecule has 0 saturated heterocycles. The third-order valence-corrected chi connectivity index (χ3v) is 5.71. The molecule has 0 unspecified atom stereocenters. The average molecular weight is 510 g/mol. The minimum absolute atomic E-state index is 0.0793. The number of nitrogens with zero attached hydrogens (tertiary/aromatic N) is 3. The number of anilines is 3. The van der Waals surface area contributed by atoms with Crippen molar-refractivity contribution in [3.63, 3.8) is 0 Å². The van der Waals surface area contributed by atoms with E-state index in [1.807, 2.05) is 0 Å². The van der Waals surface area contributed by atoms with E-state index in [1.54, 1.807) is 24.0 Å². The van der Waals surface area contributed by atoms with Crippen molar-refractivity contribution in [2.24, 2.45) is 0 Å². The molecule has 0 saturated carbocycles. The number of carbonyl (C=O) groups is 1. The zero-order valence-corrected chi connectivity index (χ0v) is 18.5. The van der Waals surface area contributed by atoms with Gasteiger partial charge in [-0.1, -0.05) is 0 Å². The molecular weight excluding hydrogens is 494 g/mol. The SMILES string of the molecule is COc1ccc(N2CN(c3ccc(F)cc3C)c3cc(C(F)(F)F)ccc3C2=O)c(Br)n1. The lowest BCUT2D eigenvalue weighted by atomic mass is 10.0. The molecule has 0 radical (unpaired) electrons. The third-order valence-electron chi connectivity index (χ3n) is 5.13. The third kappa shape index (κ3) is 3.90. The molecule has 1 aliphatic rings. The van der Waals surface area contributed by atoms with E-state index in [0.29, 0.717) is 27.4 Å². The average Bonchev–Trinajstić information content (AvgIpc) is 2.74. The number of carbonyl (C=O) groups excluding carboxylic acids is 1. The maximum Gasteiger partial charge on any atom is 0.416 e. The maximum absolute atomic E-state index is 13.7. The van der Waals surface area contributed by atoms with Gasteiger partial charge in [-0.05, 0) is 70.9 Å². The van der Waals surface area contributed by atoms with Crippen LogP contribution >= 0.6 is 15.9 Å². The molecule has 166 valence electrons. The molecule has 0 N–H and O–H groups in total. The Balaban J connectivity index is 1.90. The highest BCUT2D eigenvalue weighted by molar-refractivity contribution is 9.10. The second-order valence-electron chi connectivity index (χ2n) is 7.13. The number of hydrogen-bond donors (Lipinski definition) is 0. The van der Waals surface area contributed by atoms with Crippen molar-refractivity contribution in [2.45, 2.75) is 13.1 Å². The van der Waals surface area contributed by atoms with E-state index >= 15 is 0 Å². The van der Waals surface area contributed by atoms with Crippen LogP contribution in [0, 0.1) is 12.7 Å². The summed E-state index contributed by atoms with van der Waals surface area (Å²) in [5.41, 5.74) is 0.682. The van der Waals surface area contributed by atoms with Crippen LogP contribution in [-0.2, 0) is 6.18 Å². The molecule has 1 amide bonds. The Morgan fingerprint density at radius 2 is 1.72 bits per heavy atom. The highest BCUT2D eigenvalue weighted by Gasteiger charge is 2.37. The molecular formula is C22H16BrF4N3O2. The summed E-state index contributed by atoms with van der Waals surface area (Å²) in [6.45, 7) is 1.55. The van der Waals surface area contributed by atoms with Gasteiger partial charge in [-0.15, -0.1) is 0 Å². The minimum Gasteiger partial charge on any atom is -0.481 e. The predicted molar refractivity (Wildman–Crippen MR) is 115 cm³/mol. The lowest BCUT2D eigenvalue weighted by molar-refractivity contribution is -0.137. The first kappa shape index (κ1) is 22.1. The van der Waals surface area contributed by atoms with E-state index in [2.05, 4.69) is 20.9 Å². The standard InChI is InChI=1S/C22H16BrF4N3O2/c1-12-9-14(24)4-6-16(12)29-11-30(17-7-8-19(32-2)28-20(17)23)21(31)15-5-3-13(10-18(15)29)22(25,26)27/h3-10H,11H2,1-2H3. The molecule has 0 aliphatic carbocycles. The molecule has 4 rings (SSSR count). The van der Waals surface area contributed by atoms with Crippen molar-refractivity contribution in [3.05, 3.63) is 75.6 Å². The maximum atomic E-state index is 13.7. The molecule has 5 nitrogen and oxygen atoms in total. The number of alkyl halides is 3. The number of methoxy groups -OCH3 is 1. The Bertz CT molecular complexity index is 1220. The quantitative estimate of drug-likeness (QED) is 0.317. The van der Waals surface area contributed by atoms with Crippen molar-refractivity contribution in [1.29, 1.82) is 0 Å². The molecule has 1 aromatic heterocycles. The number of rotatable bonds is 3.